The number of phosphoric ester groups is 1. The Balaban J connectivity index is 0.00000280. The van der Waals surface area contributed by atoms with E-state index in [0.29, 0.717) is 0 Å². The zero-order valence-electron chi connectivity index (χ0n) is 14.0. The first-order chi connectivity index (χ1) is 12.5. The van der Waals surface area contributed by atoms with Crippen LogP contribution in [0.3, 0.4) is 0 Å². The molecule has 0 bridgehead atoms. The van der Waals surface area contributed by atoms with E-state index < -0.39 is 46.7 Å². The summed E-state index contributed by atoms with van der Waals surface area (Å²) in [5.41, 5.74) is 10.8. The Labute approximate surface area is 156 Å². The number of aromatic nitrogens is 4. The number of ether oxygens (including phenoxy) is 1. The number of rotatable bonds is 6. The predicted molar refractivity (Wildman–Crippen MR) is 91.6 cm³/mol. The van der Waals surface area contributed by atoms with Crippen LogP contribution in [0.5, 0.6) is 0 Å². The number of imidazole rings is 1. The van der Waals surface area contributed by atoms with Crippen LogP contribution in [-0.2, 0) is 22.7 Å². The smallest absolute Gasteiger partial charge is 0.387 e. The molecule has 1 fully saturated rings. The summed E-state index contributed by atoms with van der Waals surface area (Å²) in [6, 6.07) is 0. The van der Waals surface area contributed by atoms with E-state index in [4.69, 9.17) is 15.4 Å². The topological polar surface area (TPSA) is 273 Å². The van der Waals surface area contributed by atoms with E-state index in [1.165, 1.54) is 17.2 Å². The van der Waals surface area contributed by atoms with Gasteiger partial charge < -0.3 is 36.6 Å². The highest BCUT2D eigenvalue weighted by atomic mass is 31.3. The maximum Gasteiger partial charge on any atom is 0.480 e. The predicted octanol–water partition coefficient (Wildman–Crippen LogP) is -1.62. The molecule has 1 aliphatic rings. The number of nitrogens with two attached hydrogens (primary N) is 2. The standard InChI is InChI=1S/C10H16N6O9P2.H3N/c11-8-5-9(14-2-13-8)16(3-15-5)10-7(18)6(17)4(24-10)1-23-27(21,22)25-26(12,19)20;/h2-4,6-7,10,17-18H,1H2,(H,21,22)(H2,11,13,14)(H3,12,19,20);1H3. The van der Waals surface area contributed by atoms with Gasteiger partial charge >= 0.3 is 15.6 Å². The van der Waals surface area contributed by atoms with Crippen LogP contribution in [-0.4, -0.2) is 64.4 Å². The number of nitrogen functional groups attached to an aromatic ring is 1. The van der Waals surface area contributed by atoms with Gasteiger partial charge in [-0.1, -0.05) is 0 Å². The average Bonchev–Trinajstić information content (AvgIpc) is 3.07. The lowest BCUT2D eigenvalue weighted by Gasteiger charge is -2.18. The third-order valence-electron chi connectivity index (χ3n) is 3.62. The highest BCUT2D eigenvalue weighted by Gasteiger charge is 2.45. The van der Waals surface area contributed by atoms with Crippen molar-refractivity contribution in [1.82, 2.24) is 25.7 Å². The molecule has 6 atom stereocenters. The van der Waals surface area contributed by atoms with Gasteiger partial charge in [-0.3, -0.25) is 9.09 Å². The SMILES string of the molecule is N.Nc1ncnc2c1ncn2C1OC(COP(=O)(O)OP(N)(=O)O)C(O)C1O. The summed E-state index contributed by atoms with van der Waals surface area (Å²) in [6.45, 7) is -0.758. The fourth-order valence-electron chi connectivity index (χ4n) is 2.49. The lowest BCUT2D eigenvalue weighted by Crippen LogP contribution is -2.33. The van der Waals surface area contributed by atoms with Gasteiger partial charge in [0.15, 0.2) is 17.7 Å². The molecule has 0 aliphatic carbocycles. The Morgan fingerprint density at radius 2 is 1.89 bits per heavy atom. The highest BCUT2D eigenvalue weighted by Crippen LogP contribution is 2.56. The van der Waals surface area contributed by atoms with Crippen molar-refractivity contribution in [2.45, 2.75) is 24.5 Å². The molecule has 0 spiro atoms. The first-order valence-corrected chi connectivity index (χ1v) is 10.4. The van der Waals surface area contributed by atoms with E-state index in [1.807, 2.05) is 0 Å². The molecule has 3 heterocycles. The fourth-order valence-corrected chi connectivity index (χ4v) is 4.20. The molecule has 1 aliphatic heterocycles. The minimum absolute atomic E-state index is 0. The molecule has 0 saturated carbocycles. The largest absolute Gasteiger partial charge is 0.480 e. The minimum Gasteiger partial charge on any atom is -0.387 e. The molecule has 11 N–H and O–H groups in total. The second kappa shape index (κ2) is 8.06. The number of hydrogen-bond acceptors (Lipinski definition) is 12. The van der Waals surface area contributed by atoms with Crippen molar-refractivity contribution < 1.29 is 42.7 Å². The minimum atomic E-state index is -5.01. The van der Waals surface area contributed by atoms with Gasteiger partial charge in [0.05, 0.1) is 12.9 Å². The summed E-state index contributed by atoms with van der Waals surface area (Å²) >= 11 is 0. The molecule has 0 radical (unpaired) electrons. The summed E-state index contributed by atoms with van der Waals surface area (Å²) in [5.74, 6) is 0.0975. The molecule has 158 valence electrons. The highest BCUT2D eigenvalue weighted by molar-refractivity contribution is 7.62. The molecule has 2 aromatic rings. The zero-order valence-corrected chi connectivity index (χ0v) is 15.8. The summed E-state index contributed by atoms with van der Waals surface area (Å²) in [7, 11) is -9.79. The van der Waals surface area contributed by atoms with Crippen molar-refractivity contribution in [3.05, 3.63) is 12.7 Å². The summed E-state index contributed by atoms with van der Waals surface area (Å²) in [5, 5.41) is 20.3. The van der Waals surface area contributed by atoms with Crippen LogP contribution >= 0.6 is 15.6 Å². The van der Waals surface area contributed by atoms with Crippen LogP contribution in [0.1, 0.15) is 6.23 Å². The molecular weight excluding hydrogens is 424 g/mol. The maximum absolute atomic E-state index is 11.6. The van der Waals surface area contributed by atoms with Crippen LogP contribution in [0.2, 0.25) is 0 Å². The molecule has 0 aromatic carbocycles. The first kappa shape index (κ1) is 22.7. The second-order valence-electron chi connectivity index (χ2n) is 5.54. The van der Waals surface area contributed by atoms with Gasteiger partial charge in [-0.05, 0) is 0 Å². The van der Waals surface area contributed by atoms with Crippen molar-refractivity contribution in [3.8, 4) is 0 Å². The average molecular weight is 443 g/mol. The third kappa shape index (κ3) is 4.71. The van der Waals surface area contributed by atoms with Crippen molar-refractivity contribution in [1.29, 1.82) is 0 Å². The molecule has 16 nitrogen and oxygen atoms in total. The molecule has 6 unspecified atom stereocenters. The number of nitrogens with zero attached hydrogens (tertiary/aromatic N) is 4. The van der Waals surface area contributed by atoms with Crippen LogP contribution in [0.15, 0.2) is 12.7 Å². The Kier molecular flexibility index (Phi) is 6.54. The normalized spacial score (nSPS) is 29.2. The molecule has 28 heavy (non-hydrogen) atoms. The third-order valence-corrected chi connectivity index (χ3v) is 5.86. The van der Waals surface area contributed by atoms with Gasteiger partial charge in [-0.2, -0.15) is 4.31 Å². The number of anilines is 1. The van der Waals surface area contributed by atoms with Crippen molar-refractivity contribution in [2.24, 2.45) is 5.50 Å². The fraction of sp³-hybridized carbons (Fsp3) is 0.500. The summed E-state index contributed by atoms with van der Waals surface area (Å²) in [6.07, 6.45) is -3.05. The van der Waals surface area contributed by atoms with Crippen LogP contribution in [0.4, 0.5) is 5.82 Å². The van der Waals surface area contributed by atoms with E-state index in [9.17, 15) is 24.2 Å². The number of hydrogen-bond donors (Lipinski definition) is 7. The number of aliphatic hydroxyl groups is 2. The van der Waals surface area contributed by atoms with Gasteiger partial charge in [-0.15, -0.1) is 0 Å². The van der Waals surface area contributed by atoms with Crippen molar-refractivity contribution in [3.63, 3.8) is 0 Å². The van der Waals surface area contributed by atoms with Gasteiger partial charge in [-0.25, -0.2) is 29.6 Å². The van der Waals surface area contributed by atoms with E-state index >= 15 is 0 Å². The Morgan fingerprint density at radius 3 is 2.54 bits per heavy atom. The van der Waals surface area contributed by atoms with Crippen molar-refractivity contribution >= 4 is 32.6 Å². The molecule has 1 saturated heterocycles. The molecular formula is C10H19N7O9P2. The van der Waals surface area contributed by atoms with E-state index in [2.05, 4.69) is 29.3 Å². The van der Waals surface area contributed by atoms with E-state index in [1.54, 1.807) is 0 Å². The lowest BCUT2D eigenvalue weighted by atomic mass is 10.1. The molecule has 0 amide bonds. The Morgan fingerprint density at radius 1 is 1.21 bits per heavy atom. The monoisotopic (exact) mass is 443 g/mol. The number of phosphoric acid groups is 1. The van der Waals surface area contributed by atoms with Crippen molar-refractivity contribution in [2.75, 3.05) is 12.3 Å². The summed E-state index contributed by atoms with van der Waals surface area (Å²) in [4.78, 5) is 29.9. The van der Waals surface area contributed by atoms with Crippen LogP contribution < -0.4 is 17.4 Å². The van der Waals surface area contributed by atoms with Gasteiger partial charge in [0.25, 0.3) is 0 Å². The number of aliphatic hydroxyl groups excluding tert-OH is 2. The summed E-state index contributed by atoms with van der Waals surface area (Å²) < 4.78 is 37.5. The van der Waals surface area contributed by atoms with Gasteiger partial charge in [0.1, 0.15) is 30.2 Å². The Bertz CT molecular complexity index is 935. The van der Waals surface area contributed by atoms with E-state index in [0.717, 1.165) is 0 Å². The van der Waals surface area contributed by atoms with E-state index in [-0.39, 0.29) is 23.1 Å². The first-order valence-electron chi connectivity index (χ1n) is 7.23. The zero-order chi connectivity index (χ0) is 20.0. The molecule has 3 rings (SSSR count). The maximum atomic E-state index is 11.6. The lowest BCUT2D eigenvalue weighted by molar-refractivity contribution is -0.0501. The quantitative estimate of drug-likeness (QED) is 0.247. The van der Waals surface area contributed by atoms with Gasteiger partial charge in [0, 0.05) is 0 Å². The van der Waals surface area contributed by atoms with Crippen LogP contribution in [0.25, 0.3) is 11.2 Å². The molecule has 18 heteroatoms. The van der Waals surface area contributed by atoms with Gasteiger partial charge in [0.2, 0.25) is 0 Å². The second-order valence-corrected chi connectivity index (χ2v) is 8.52. The molecule has 2 aromatic heterocycles. The number of fused-ring (bicyclic) bond motifs is 1. The van der Waals surface area contributed by atoms with Crippen LogP contribution in [0, 0.1) is 0 Å². The Hall–Kier alpha value is -1.55.